The number of anilines is 2. The summed E-state index contributed by atoms with van der Waals surface area (Å²) in [5, 5.41) is 3.01. The number of nitrogens with one attached hydrogen (secondary N) is 1. The van der Waals surface area contributed by atoms with Crippen LogP contribution in [0.2, 0.25) is 0 Å². The van der Waals surface area contributed by atoms with Gasteiger partial charge in [-0.15, -0.1) is 0 Å². The maximum Gasteiger partial charge on any atom is 0.320 e. The lowest BCUT2D eigenvalue weighted by Gasteiger charge is -2.34. The van der Waals surface area contributed by atoms with Crippen LogP contribution in [0.3, 0.4) is 0 Å². The van der Waals surface area contributed by atoms with Gasteiger partial charge in [0.25, 0.3) is 0 Å². The summed E-state index contributed by atoms with van der Waals surface area (Å²) < 4.78 is 0. The van der Waals surface area contributed by atoms with Crippen molar-refractivity contribution >= 4 is 29.2 Å². The van der Waals surface area contributed by atoms with Crippen molar-refractivity contribution in [1.29, 1.82) is 0 Å². The molecule has 3 heterocycles. The molecule has 3 fully saturated rings. The van der Waals surface area contributed by atoms with Gasteiger partial charge in [-0.25, -0.2) is 4.79 Å². The first-order valence-corrected chi connectivity index (χ1v) is 10.9. The quantitative estimate of drug-likeness (QED) is 0.850. The number of carbonyl (C=O) groups is 3. The Balaban J connectivity index is 1.38. The topological polar surface area (TPSA) is 73.0 Å². The van der Waals surface area contributed by atoms with Gasteiger partial charge in [0.2, 0.25) is 11.8 Å². The molecule has 1 aromatic carbocycles. The van der Waals surface area contributed by atoms with Crippen LogP contribution in [0.15, 0.2) is 24.3 Å². The highest BCUT2D eigenvalue weighted by Crippen LogP contribution is 2.25. The first-order chi connectivity index (χ1) is 14.1. The molecule has 156 valence electrons. The molecule has 1 unspecified atom stereocenters. The monoisotopic (exact) mass is 398 g/mol. The van der Waals surface area contributed by atoms with Gasteiger partial charge in [0.15, 0.2) is 0 Å². The maximum atomic E-state index is 12.9. The Morgan fingerprint density at radius 1 is 0.931 bits per heavy atom. The van der Waals surface area contributed by atoms with Crippen LogP contribution in [0, 0.1) is 5.92 Å². The van der Waals surface area contributed by atoms with Gasteiger partial charge in [0, 0.05) is 50.5 Å². The minimum atomic E-state index is -0.199. The van der Waals surface area contributed by atoms with Gasteiger partial charge >= 0.3 is 6.03 Å². The number of amides is 4. The van der Waals surface area contributed by atoms with Gasteiger partial charge in [0.1, 0.15) is 0 Å². The fourth-order valence-corrected chi connectivity index (χ4v) is 4.55. The fraction of sp³-hybridized carbons (Fsp3) is 0.591. The molecule has 1 atom stereocenters. The molecule has 0 spiro atoms. The van der Waals surface area contributed by atoms with Crippen LogP contribution in [0.5, 0.6) is 0 Å². The lowest BCUT2D eigenvalue weighted by molar-refractivity contribution is -0.121. The van der Waals surface area contributed by atoms with Crippen LogP contribution >= 0.6 is 0 Å². The van der Waals surface area contributed by atoms with Crippen molar-refractivity contribution < 1.29 is 14.4 Å². The van der Waals surface area contributed by atoms with Crippen molar-refractivity contribution in [2.45, 2.75) is 44.9 Å². The van der Waals surface area contributed by atoms with E-state index in [4.69, 9.17) is 0 Å². The number of likely N-dealkylation sites (tertiary alicyclic amines) is 2. The zero-order chi connectivity index (χ0) is 20.2. The first-order valence-electron chi connectivity index (χ1n) is 10.9. The third-order valence-electron chi connectivity index (χ3n) is 6.19. The van der Waals surface area contributed by atoms with E-state index in [1.807, 2.05) is 34.1 Å². The summed E-state index contributed by atoms with van der Waals surface area (Å²) in [5.74, 6) is -0.107. The molecule has 1 aromatic rings. The smallest absolute Gasteiger partial charge is 0.320 e. The van der Waals surface area contributed by atoms with Crippen molar-refractivity contribution in [2.24, 2.45) is 5.92 Å². The van der Waals surface area contributed by atoms with E-state index in [1.165, 1.54) is 0 Å². The average Bonchev–Trinajstić information content (AvgIpc) is 3.29. The molecular weight excluding hydrogens is 368 g/mol. The highest BCUT2D eigenvalue weighted by atomic mass is 16.2. The van der Waals surface area contributed by atoms with E-state index in [-0.39, 0.29) is 23.8 Å². The molecule has 4 amide bonds. The van der Waals surface area contributed by atoms with E-state index >= 15 is 0 Å². The van der Waals surface area contributed by atoms with Crippen LogP contribution < -0.4 is 10.2 Å². The molecule has 7 heteroatoms. The largest absolute Gasteiger partial charge is 0.326 e. The predicted octanol–water partition coefficient (Wildman–Crippen LogP) is 3.07. The second-order valence-electron chi connectivity index (χ2n) is 8.30. The van der Waals surface area contributed by atoms with Crippen LogP contribution in [-0.2, 0) is 9.59 Å². The average molecular weight is 399 g/mol. The number of benzene rings is 1. The molecule has 3 aliphatic heterocycles. The minimum Gasteiger partial charge on any atom is -0.326 e. The summed E-state index contributed by atoms with van der Waals surface area (Å²) in [6.45, 7) is 3.59. The standard InChI is InChI=1S/C22H30N4O3/c27-20-10-1-2-14-26(20)19-9-5-8-18(15-19)23-21(28)17-7-6-13-25(16-17)22(29)24-11-3-4-12-24/h5,8-9,15,17H,1-4,6-7,10-14,16H2,(H,23,28). The van der Waals surface area contributed by atoms with Gasteiger partial charge in [-0.1, -0.05) is 6.07 Å². The number of hydrogen-bond acceptors (Lipinski definition) is 3. The van der Waals surface area contributed by atoms with Gasteiger partial charge in [-0.3, -0.25) is 9.59 Å². The van der Waals surface area contributed by atoms with Crippen molar-refractivity contribution in [3.05, 3.63) is 24.3 Å². The summed E-state index contributed by atoms with van der Waals surface area (Å²) in [6, 6.07) is 7.58. The lowest BCUT2D eigenvalue weighted by atomic mass is 9.97. The number of urea groups is 1. The summed E-state index contributed by atoms with van der Waals surface area (Å²) >= 11 is 0. The number of nitrogens with zero attached hydrogens (tertiary/aromatic N) is 3. The van der Waals surface area contributed by atoms with Crippen molar-refractivity contribution in [3.8, 4) is 0 Å². The molecule has 3 saturated heterocycles. The molecule has 0 saturated carbocycles. The van der Waals surface area contributed by atoms with Crippen molar-refractivity contribution in [3.63, 3.8) is 0 Å². The number of carbonyl (C=O) groups excluding carboxylic acids is 3. The van der Waals surface area contributed by atoms with Crippen LogP contribution in [0.1, 0.15) is 44.9 Å². The van der Waals surface area contributed by atoms with Crippen LogP contribution in [0.4, 0.5) is 16.2 Å². The SMILES string of the molecule is O=C(Nc1cccc(N2CCCCC2=O)c1)C1CCCN(C(=O)N2CCCC2)C1. The molecule has 0 aliphatic carbocycles. The Labute approximate surface area is 172 Å². The van der Waals surface area contributed by atoms with E-state index < -0.39 is 0 Å². The molecule has 29 heavy (non-hydrogen) atoms. The molecule has 0 radical (unpaired) electrons. The molecule has 3 aliphatic rings. The van der Waals surface area contributed by atoms with Crippen molar-refractivity contribution in [1.82, 2.24) is 9.80 Å². The highest BCUT2D eigenvalue weighted by molar-refractivity contribution is 5.96. The van der Waals surface area contributed by atoms with E-state index in [0.717, 1.165) is 70.4 Å². The zero-order valence-corrected chi connectivity index (χ0v) is 16.9. The highest BCUT2D eigenvalue weighted by Gasteiger charge is 2.31. The minimum absolute atomic E-state index is 0.0500. The first kappa shape index (κ1) is 19.7. The second-order valence-corrected chi connectivity index (χ2v) is 8.30. The van der Waals surface area contributed by atoms with E-state index in [9.17, 15) is 14.4 Å². The normalized spacial score (nSPS) is 22.7. The number of rotatable bonds is 3. The van der Waals surface area contributed by atoms with Crippen LogP contribution in [0.25, 0.3) is 0 Å². The van der Waals surface area contributed by atoms with E-state index in [1.54, 1.807) is 4.90 Å². The van der Waals surface area contributed by atoms with Crippen molar-refractivity contribution in [2.75, 3.05) is 42.9 Å². The molecule has 0 bridgehead atoms. The Morgan fingerprint density at radius 2 is 1.69 bits per heavy atom. The zero-order valence-electron chi connectivity index (χ0n) is 16.9. The Hall–Kier alpha value is -2.57. The summed E-state index contributed by atoms with van der Waals surface area (Å²) in [5.41, 5.74) is 1.54. The summed E-state index contributed by atoms with van der Waals surface area (Å²) in [6.07, 6.45) is 6.31. The number of hydrogen-bond donors (Lipinski definition) is 1. The van der Waals surface area contributed by atoms with Gasteiger partial charge < -0.3 is 20.0 Å². The maximum absolute atomic E-state index is 12.9. The summed E-state index contributed by atoms with van der Waals surface area (Å²) in [7, 11) is 0. The second kappa shape index (κ2) is 8.84. The molecule has 1 N–H and O–H groups in total. The molecule has 4 rings (SSSR count). The lowest BCUT2D eigenvalue weighted by Crippen LogP contribution is -2.48. The molecule has 7 nitrogen and oxygen atoms in total. The molecule has 0 aromatic heterocycles. The molecular formula is C22H30N4O3. The third-order valence-corrected chi connectivity index (χ3v) is 6.19. The fourth-order valence-electron chi connectivity index (χ4n) is 4.55. The third kappa shape index (κ3) is 4.54. The Morgan fingerprint density at radius 3 is 2.48 bits per heavy atom. The van der Waals surface area contributed by atoms with E-state index in [0.29, 0.717) is 18.7 Å². The van der Waals surface area contributed by atoms with Gasteiger partial charge in [0.05, 0.1) is 5.92 Å². The Bertz CT molecular complexity index is 775. The predicted molar refractivity (Wildman–Crippen MR) is 112 cm³/mol. The Kier molecular flexibility index (Phi) is 6.02. The summed E-state index contributed by atoms with van der Waals surface area (Å²) in [4.78, 5) is 43.2. The van der Waals surface area contributed by atoms with E-state index in [2.05, 4.69) is 5.32 Å². The van der Waals surface area contributed by atoms with Gasteiger partial charge in [-0.05, 0) is 56.7 Å². The van der Waals surface area contributed by atoms with Crippen LogP contribution in [-0.4, -0.2) is 60.4 Å². The van der Waals surface area contributed by atoms with Gasteiger partial charge in [-0.2, -0.15) is 0 Å². The number of piperidine rings is 2.